The van der Waals surface area contributed by atoms with Crippen LogP contribution < -0.4 is 5.73 Å². The van der Waals surface area contributed by atoms with Gasteiger partial charge in [0.15, 0.2) is 0 Å². The molecule has 1 amide bonds. The van der Waals surface area contributed by atoms with Crippen molar-refractivity contribution in [2.24, 2.45) is 11.7 Å². The lowest BCUT2D eigenvalue weighted by molar-refractivity contribution is -0.130. The largest absolute Gasteiger partial charge is 0.345 e. The van der Waals surface area contributed by atoms with Gasteiger partial charge < -0.3 is 10.6 Å². The van der Waals surface area contributed by atoms with Crippen LogP contribution in [-0.2, 0) is 4.79 Å². The van der Waals surface area contributed by atoms with E-state index < -0.39 is 0 Å². The molecule has 0 spiro atoms. The Balaban J connectivity index is 3.68. The lowest BCUT2D eigenvalue weighted by Gasteiger charge is -2.18. The van der Waals surface area contributed by atoms with E-state index in [1.165, 1.54) is 0 Å². The summed E-state index contributed by atoms with van der Waals surface area (Å²) in [6.45, 7) is 3.42. The lowest BCUT2D eigenvalue weighted by atomic mass is 10.1. The average Bonchev–Trinajstić information content (AvgIpc) is 2.13. The van der Waals surface area contributed by atoms with Crippen LogP contribution in [0.15, 0.2) is 0 Å². The average molecular weight is 204 g/mol. The Morgan fingerprint density at radius 3 is 2.69 bits per heavy atom. The predicted octanol–water partition coefficient (Wildman–Crippen LogP) is 0.793. The van der Waals surface area contributed by atoms with Crippen molar-refractivity contribution in [1.82, 2.24) is 4.90 Å². The molecule has 0 aliphatic rings. The molecule has 1 unspecified atom stereocenters. The topological polar surface area (TPSA) is 46.3 Å². The molecule has 0 aliphatic heterocycles. The quantitative estimate of drug-likeness (QED) is 0.696. The molecule has 0 rings (SSSR count). The van der Waals surface area contributed by atoms with Gasteiger partial charge in [-0.25, -0.2) is 0 Å². The minimum atomic E-state index is 0.201. The fourth-order valence-electron chi connectivity index (χ4n) is 0.890. The fraction of sp³-hybridized carbons (Fsp3) is 0.889. The summed E-state index contributed by atoms with van der Waals surface area (Å²) in [6, 6.07) is 0. The van der Waals surface area contributed by atoms with E-state index in [2.05, 4.69) is 0 Å². The minimum absolute atomic E-state index is 0.201. The van der Waals surface area contributed by atoms with E-state index in [-0.39, 0.29) is 5.91 Å². The maximum Gasteiger partial charge on any atom is 0.222 e. The first-order valence-electron chi connectivity index (χ1n) is 4.54. The predicted molar refractivity (Wildman–Crippen MR) is 58.9 cm³/mol. The van der Waals surface area contributed by atoms with E-state index in [1.807, 2.05) is 20.2 Å². The number of hydrogen-bond donors (Lipinski definition) is 1. The number of carbonyl (C=O) groups is 1. The Morgan fingerprint density at radius 2 is 2.23 bits per heavy atom. The molecule has 0 aromatic carbocycles. The highest BCUT2D eigenvalue weighted by Crippen LogP contribution is 2.03. The molecule has 0 saturated carbocycles. The van der Waals surface area contributed by atoms with Crippen LogP contribution in [0.1, 0.15) is 13.3 Å². The first kappa shape index (κ1) is 12.8. The van der Waals surface area contributed by atoms with Gasteiger partial charge in [-0.05, 0) is 18.7 Å². The van der Waals surface area contributed by atoms with E-state index in [0.29, 0.717) is 18.9 Å². The molecule has 0 fully saturated rings. The van der Waals surface area contributed by atoms with E-state index >= 15 is 0 Å². The van der Waals surface area contributed by atoms with Crippen LogP contribution in [0.5, 0.6) is 0 Å². The lowest BCUT2D eigenvalue weighted by Crippen LogP contribution is -2.31. The normalized spacial score (nSPS) is 12.6. The third kappa shape index (κ3) is 5.93. The number of nitrogens with two attached hydrogens (primary N) is 1. The van der Waals surface area contributed by atoms with Crippen molar-refractivity contribution in [3.63, 3.8) is 0 Å². The van der Waals surface area contributed by atoms with Crippen LogP contribution in [0.4, 0.5) is 0 Å². The number of thioether (sulfide) groups is 1. The second kappa shape index (κ2) is 7.21. The van der Waals surface area contributed by atoms with E-state index in [0.717, 1.165) is 12.3 Å². The second-order valence-corrected chi connectivity index (χ2v) is 4.34. The zero-order chi connectivity index (χ0) is 10.3. The Bertz CT molecular complexity index is 153. The van der Waals surface area contributed by atoms with Gasteiger partial charge in [0.2, 0.25) is 5.91 Å². The zero-order valence-electron chi connectivity index (χ0n) is 8.75. The van der Waals surface area contributed by atoms with Crippen molar-refractivity contribution >= 4 is 17.7 Å². The first-order valence-corrected chi connectivity index (χ1v) is 5.94. The van der Waals surface area contributed by atoms with Crippen LogP contribution >= 0.6 is 11.8 Å². The molecule has 0 heterocycles. The van der Waals surface area contributed by atoms with Gasteiger partial charge in [0, 0.05) is 25.8 Å². The van der Waals surface area contributed by atoms with Gasteiger partial charge >= 0.3 is 0 Å². The van der Waals surface area contributed by atoms with Crippen LogP contribution in [-0.4, -0.2) is 43.0 Å². The smallest absolute Gasteiger partial charge is 0.222 e. The van der Waals surface area contributed by atoms with E-state index in [4.69, 9.17) is 5.73 Å². The number of nitrogens with zero attached hydrogens (tertiary/aromatic N) is 1. The Morgan fingerprint density at radius 1 is 1.62 bits per heavy atom. The van der Waals surface area contributed by atoms with Crippen molar-refractivity contribution in [2.75, 3.05) is 32.1 Å². The summed E-state index contributed by atoms with van der Waals surface area (Å²) in [7, 11) is 1.85. The van der Waals surface area contributed by atoms with Crippen molar-refractivity contribution in [3.05, 3.63) is 0 Å². The summed E-state index contributed by atoms with van der Waals surface area (Å²) < 4.78 is 0. The molecule has 0 bridgehead atoms. The minimum Gasteiger partial charge on any atom is -0.345 e. The summed E-state index contributed by atoms with van der Waals surface area (Å²) in [4.78, 5) is 13.3. The van der Waals surface area contributed by atoms with Gasteiger partial charge in [-0.15, -0.1) is 0 Å². The summed E-state index contributed by atoms with van der Waals surface area (Å²) in [5.74, 6) is 1.50. The second-order valence-electron chi connectivity index (χ2n) is 3.35. The highest BCUT2D eigenvalue weighted by molar-refractivity contribution is 7.98. The van der Waals surface area contributed by atoms with Gasteiger partial charge in [0.1, 0.15) is 0 Å². The molecule has 0 aromatic rings. The summed E-state index contributed by atoms with van der Waals surface area (Å²) >= 11 is 1.75. The highest BCUT2D eigenvalue weighted by Gasteiger charge is 2.11. The molecule has 0 aliphatic carbocycles. The Labute approximate surface area is 85.0 Å². The monoisotopic (exact) mass is 204 g/mol. The molecule has 2 N–H and O–H groups in total. The highest BCUT2D eigenvalue weighted by atomic mass is 32.2. The van der Waals surface area contributed by atoms with Crippen molar-refractivity contribution < 1.29 is 4.79 Å². The molecule has 13 heavy (non-hydrogen) atoms. The standard InChI is InChI=1S/C9H20N2OS/c1-8(7-10)6-9(12)11(2)4-5-13-3/h8H,4-7,10H2,1-3H3. The summed E-state index contributed by atoms with van der Waals surface area (Å²) in [5.41, 5.74) is 5.45. The van der Waals surface area contributed by atoms with E-state index in [9.17, 15) is 4.79 Å². The molecule has 0 saturated heterocycles. The number of carbonyl (C=O) groups excluding carboxylic acids is 1. The first-order chi connectivity index (χ1) is 6.11. The summed E-state index contributed by atoms with van der Waals surface area (Å²) in [5, 5.41) is 0. The van der Waals surface area contributed by atoms with Crippen LogP contribution in [0.25, 0.3) is 0 Å². The third-order valence-electron chi connectivity index (χ3n) is 1.98. The molecular weight excluding hydrogens is 184 g/mol. The molecule has 0 aromatic heterocycles. The van der Waals surface area contributed by atoms with Gasteiger partial charge in [0.05, 0.1) is 0 Å². The van der Waals surface area contributed by atoms with Crippen molar-refractivity contribution in [3.8, 4) is 0 Å². The van der Waals surface area contributed by atoms with Crippen LogP contribution in [0.3, 0.4) is 0 Å². The van der Waals surface area contributed by atoms with Gasteiger partial charge in [-0.3, -0.25) is 4.79 Å². The van der Waals surface area contributed by atoms with E-state index in [1.54, 1.807) is 16.7 Å². The number of amides is 1. The maximum absolute atomic E-state index is 11.5. The molecule has 1 atom stereocenters. The Kier molecular flexibility index (Phi) is 7.09. The molecular formula is C9H20N2OS. The Hall–Kier alpha value is -0.220. The van der Waals surface area contributed by atoms with Crippen LogP contribution in [0, 0.1) is 5.92 Å². The van der Waals surface area contributed by atoms with Crippen LogP contribution in [0.2, 0.25) is 0 Å². The van der Waals surface area contributed by atoms with Crippen molar-refractivity contribution in [2.45, 2.75) is 13.3 Å². The number of hydrogen-bond acceptors (Lipinski definition) is 3. The van der Waals surface area contributed by atoms with Gasteiger partial charge in [-0.2, -0.15) is 11.8 Å². The zero-order valence-corrected chi connectivity index (χ0v) is 9.56. The molecule has 3 nitrogen and oxygen atoms in total. The maximum atomic E-state index is 11.5. The SMILES string of the molecule is CSCCN(C)C(=O)CC(C)CN. The molecule has 78 valence electrons. The molecule has 0 radical (unpaired) electrons. The molecule has 4 heteroatoms. The fourth-order valence-corrected chi connectivity index (χ4v) is 1.35. The van der Waals surface area contributed by atoms with Crippen molar-refractivity contribution in [1.29, 1.82) is 0 Å². The van der Waals surface area contributed by atoms with Gasteiger partial charge in [0.25, 0.3) is 0 Å². The number of rotatable bonds is 6. The summed E-state index contributed by atoms with van der Waals surface area (Å²) in [6.07, 6.45) is 2.61. The van der Waals surface area contributed by atoms with Gasteiger partial charge in [-0.1, -0.05) is 6.92 Å². The third-order valence-corrected chi connectivity index (χ3v) is 2.57.